The molecular weight excluding hydrogens is 274 g/mol. The Morgan fingerprint density at radius 1 is 1.32 bits per heavy atom. The number of benzene rings is 1. The van der Waals surface area contributed by atoms with Crippen LogP contribution in [0.25, 0.3) is 0 Å². The van der Waals surface area contributed by atoms with Crippen molar-refractivity contribution in [2.75, 3.05) is 0 Å². The van der Waals surface area contributed by atoms with E-state index in [1.54, 1.807) is 0 Å². The number of amides is 1. The second-order valence-electron chi connectivity index (χ2n) is 6.30. The van der Waals surface area contributed by atoms with Crippen LogP contribution in [0.5, 0.6) is 0 Å². The number of nitrogens with one attached hydrogen (secondary N) is 1. The predicted molar refractivity (Wildman–Crippen MR) is 89.5 cm³/mol. The standard InChI is InChI=1S/C19H27NO2/c1-15(7-5-6-10-16-8-3-2-4-9-16)18(21)13-11-17-12-14-19(22)20-17/h2-4,8-9,11,13,15,17-18,21H,5-7,10,12,14H2,1H3,(H,20,22)/b13-11+/t15-,17-,18+/m0/s1. The molecule has 0 unspecified atom stereocenters. The molecule has 1 saturated heterocycles. The Hall–Kier alpha value is -1.61. The molecule has 22 heavy (non-hydrogen) atoms. The van der Waals surface area contributed by atoms with E-state index in [-0.39, 0.29) is 17.9 Å². The highest BCUT2D eigenvalue weighted by molar-refractivity contribution is 5.78. The first-order valence-corrected chi connectivity index (χ1v) is 8.35. The minimum atomic E-state index is -0.422. The van der Waals surface area contributed by atoms with Crippen LogP contribution in [0, 0.1) is 5.92 Å². The molecule has 1 fully saturated rings. The van der Waals surface area contributed by atoms with E-state index < -0.39 is 6.10 Å². The lowest BCUT2D eigenvalue weighted by atomic mass is 9.95. The van der Waals surface area contributed by atoms with E-state index in [0.717, 1.165) is 32.1 Å². The van der Waals surface area contributed by atoms with Gasteiger partial charge in [-0.05, 0) is 37.2 Å². The van der Waals surface area contributed by atoms with Crippen LogP contribution in [-0.4, -0.2) is 23.2 Å². The first-order valence-electron chi connectivity index (χ1n) is 8.35. The van der Waals surface area contributed by atoms with E-state index in [0.29, 0.717) is 6.42 Å². The normalized spacial score (nSPS) is 21.0. The largest absolute Gasteiger partial charge is 0.389 e. The zero-order valence-corrected chi connectivity index (χ0v) is 13.4. The summed E-state index contributed by atoms with van der Waals surface area (Å²) in [5, 5.41) is 13.0. The van der Waals surface area contributed by atoms with Gasteiger partial charge in [-0.25, -0.2) is 0 Å². The van der Waals surface area contributed by atoms with Crippen LogP contribution < -0.4 is 5.32 Å². The molecule has 1 aliphatic heterocycles. The Morgan fingerprint density at radius 2 is 2.09 bits per heavy atom. The highest BCUT2D eigenvalue weighted by Gasteiger charge is 2.18. The van der Waals surface area contributed by atoms with Crippen molar-refractivity contribution in [1.82, 2.24) is 5.32 Å². The van der Waals surface area contributed by atoms with Crippen molar-refractivity contribution in [2.45, 2.75) is 57.6 Å². The molecule has 0 bridgehead atoms. The summed E-state index contributed by atoms with van der Waals surface area (Å²) in [5.74, 6) is 0.363. The van der Waals surface area contributed by atoms with E-state index in [2.05, 4.69) is 36.5 Å². The maximum Gasteiger partial charge on any atom is 0.220 e. The number of carbonyl (C=O) groups excluding carboxylic acids is 1. The van der Waals surface area contributed by atoms with Crippen molar-refractivity contribution in [2.24, 2.45) is 5.92 Å². The average Bonchev–Trinajstić information content (AvgIpc) is 2.95. The van der Waals surface area contributed by atoms with Crippen LogP contribution in [0.1, 0.15) is 44.6 Å². The molecular formula is C19H27NO2. The number of unbranched alkanes of at least 4 members (excludes halogenated alkanes) is 1. The Bertz CT molecular complexity index is 483. The molecule has 3 atom stereocenters. The molecule has 2 N–H and O–H groups in total. The molecule has 1 aliphatic rings. The molecule has 0 aromatic heterocycles. The second kappa shape index (κ2) is 8.74. The maximum atomic E-state index is 11.1. The molecule has 3 nitrogen and oxygen atoms in total. The van der Waals surface area contributed by atoms with Crippen molar-refractivity contribution in [3.05, 3.63) is 48.0 Å². The summed E-state index contributed by atoms with van der Waals surface area (Å²) >= 11 is 0. The van der Waals surface area contributed by atoms with E-state index in [4.69, 9.17) is 0 Å². The van der Waals surface area contributed by atoms with Gasteiger partial charge in [0, 0.05) is 12.5 Å². The predicted octanol–water partition coefficient (Wildman–Crippen LogP) is 3.23. The fourth-order valence-electron chi connectivity index (χ4n) is 2.83. The van der Waals surface area contributed by atoms with Gasteiger partial charge in [0.2, 0.25) is 5.91 Å². The SMILES string of the molecule is C[C@@H](CCCCc1ccccc1)[C@H](O)/C=C/[C@H]1CCC(=O)N1. The minimum Gasteiger partial charge on any atom is -0.389 e. The van der Waals surface area contributed by atoms with E-state index in [1.807, 2.05) is 18.2 Å². The Labute approximate surface area is 133 Å². The molecule has 120 valence electrons. The van der Waals surface area contributed by atoms with Gasteiger partial charge in [0.25, 0.3) is 0 Å². The highest BCUT2D eigenvalue weighted by Crippen LogP contribution is 2.16. The zero-order valence-electron chi connectivity index (χ0n) is 13.4. The summed E-state index contributed by atoms with van der Waals surface area (Å²) in [4.78, 5) is 11.1. The summed E-state index contributed by atoms with van der Waals surface area (Å²) in [6, 6.07) is 10.6. The van der Waals surface area contributed by atoms with Crippen LogP contribution in [0.2, 0.25) is 0 Å². The van der Waals surface area contributed by atoms with Crippen LogP contribution in [0.3, 0.4) is 0 Å². The van der Waals surface area contributed by atoms with Crippen molar-refractivity contribution >= 4 is 5.91 Å². The summed E-state index contributed by atoms with van der Waals surface area (Å²) in [5.41, 5.74) is 1.38. The topological polar surface area (TPSA) is 49.3 Å². The van der Waals surface area contributed by atoms with E-state index in [1.165, 1.54) is 5.56 Å². The van der Waals surface area contributed by atoms with E-state index >= 15 is 0 Å². The molecule has 0 saturated carbocycles. The lowest BCUT2D eigenvalue weighted by Crippen LogP contribution is -2.24. The monoisotopic (exact) mass is 301 g/mol. The van der Waals surface area contributed by atoms with Crippen LogP contribution in [0.4, 0.5) is 0 Å². The van der Waals surface area contributed by atoms with Gasteiger partial charge in [0.05, 0.1) is 6.10 Å². The highest BCUT2D eigenvalue weighted by atomic mass is 16.3. The van der Waals surface area contributed by atoms with Crippen LogP contribution >= 0.6 is 0 Å². The number of aryl methyl sites for hydroxylation is 1. The molecule has 0 aliphatic carbocycles. The van der Waals surface area contributed by atoms with Crippen molar-refractivity contribution in [3.63, 3.8) is 0 Å². The Balaban J connectivity index is 1.62. The van der Waals surface area contributed by atoms with Gasteiger partial charge in [-0.2, -0.15) is 0 Å². The summed E-state index contributed by atoms with van der Waals surface area (Å²) in [7, 11) is 0. The Kier molecular flexibility index (Phi) is 6.66. The third kappa shape index (κ3) is 5.64. The van der Waals surface area contributed by atoms with Crippen molar-refractivity contribution in [3.8, 4) is 0 Å². The number of carbonyl (C=O) groups is 1. The minimum absolute atomic E-state index is 0.104. The first-order chi connectivity index (χ1) is 10.6. The number of aliphatic hydroxyl groups excluding tert-OH is 1. The fraction of sp³-hybridized carbons (Fsp3) is 0.526. The molecule has 0 radical (unpaired) electrons. The molecule has 1 amide bonds. The quantitative estimate of drug-likeness (QED) is 0.572. The third-order valence-electron chi connectivity index (χ3n) is 4.37. The molecule has 3 heteroatoms. The summed E-state index contributed by atoms with van der Waals surface area (Å²) in [6.07, 6.45) is 9.21. The number of hydrogen-bond acceptors (Lipinski definition) is 2. The molecule has 0 spiro atoms. The molecule has 1 heterocycles. The average molecular weight is 301 g/mol. The van der Waals surface area contributed by atoms with Gasteiger partial charge >= 0.3 is 0 Å². The maximum absolute atomic E-state index is 11.1. The van der Waals surface area contributed by atoms with Gasteiger partial charge in [-0.1, -0.05) is 55.8 Å². The lowest BCUT2D eigenvalue weighted by molar-refractivity contribution is -0.119. The van der Waals surface area contributed by atoms with Gasteiger partial charge in [0.15, 0.2) is 0 Å². The van der Waals surface area contributed by atoms with Gasteiger partial charge < -0.3 is 10.4 Å². The molecule has 2 rings (SSSR count). The van der Waals surface area contributed by atoms with Gasteiger partial charge in [-0.15, -0.1) is 0 Å². The van der Waals surface area contributed by atoms with Gasteiger partial charge in [0.1, 0.15) is 0 Å². The molecule has 1 aromatic carbocycles. The van der Waals surface area contributed by atoms with Gasteiger partial charge in [-0.3, -0.25) is 4.79 Å². The lowest BCUT2D eigenvalue weighted by Gasteiger charge is -2.16. The Morgan fingerprint density at radius 3 is 2.77 bits per heavy atom. The number of aliphatic hydroxyl groups is 1. The first kappa shape index (κ1) is 16.8. The molecule has 1 aromatic rings. The third-order valence-corrected chi connectivity index (χ3v) is 4.37. The number of rotatable bonds is 8. The second-order valence-corrected chi connectivity index (χ2v) is 6.30. The van der Waals surface area contributed by atoms with Crippen molar-refractivity contribution in [1.29, 1.82) is 0 Å². The van der Waals surface area contributed by atoms with E-state index in [9.17, 15) is 9.90 Å². The smallest absolute Gasteiger partial charge is 0.220 e. The number of hydrogen-bond donors (Lipinski definition) is 2. The summed E-state index contributed by atoms with van der Waals surface area (Å²) < 4.78 is 0. The fourth-order valence-corrected chi connectivity index (χ4v) is 2.83. The summed E-state index contributed by atoms with van der Waals surface area (Å²) in [6.45, 7) is 2.09. The van der Waals surface area contributed by atoms with Crippen LogP contribution in [0.15, 0.2) is 42.5 Å². The van der Waals surface area contributed by atoms with Crippen LogP contribution in [-0.2, 0) is 11.2 Å². The van der Waals surface area contributed by atoms with Crippen molar-refractivity contribution < 1.29 is 9.90 Å². The zero-order chi connectivity index (χ0) is 15.8.